The van der Waals surface area contributed by atoms with E-state index in [1.807, 2.05) is 19.3 Å². The molecule has 3 heterocycles. The Bertz CT molecular complexity index is 897. The molecule has 0 radical (unpaired) electrons. The Kier molecular flexibility index (Phi) is 3.66. The van der Waals surface area contributed by atoms with Gasteiger partial charge < -0.3 is 19.8 Å². The van der Waals surface area contributed by atoms with E-state index in [4.69, 9.17) is 15.2 Å². The van der Waals surface area contributed by atoms with Crippen molar-refractivity contribution in [3.8, 4) is 0 Å². The predicted molar refractivity (Wildman–Crippen MR) is 93.7 cm³/mol. The van der Waals surface area contributed by atoms with E-state index in [0.29, 0.717) is 19.0 Å². The van der Waals surface area contributed by atoms with Crippen LogP contribution in [0.5, 0.6) is 0 Å². The molecule has 3 aromatic rings. The Hall–Kier alpha value is -2.18. The Morgan fingerprint density at radius 1 is 1.25 bits per heavy atom. The number of pyridine rings is 1. The maximum atomic E-state index is 6.13. The molecule has 0 amide bonds. The van der Waals surface area contributed by atoms with Crippen LogP contribution in [0, 0.1) is 6.92 Å². The molecular weight excluding hydrogens is 304 g/mol. The summed E-state index contributed by atoms with van der Waals surface area (Å²) < 4.78 is 13.5. The lowest BCUT2D eigenvalue weighted by molar-refractivity contribution is -0.147. The minimum atomic E-state index is -0.449. The summed E-state index contributed by atoms with van der Waals surface area (Å²) >= 11 is 0. The van der Waals surface area contributed by atoms with Crippen LogP contribution < -0.4 is 5.73 Å². The van der Waals surface area contributed by atoms with Crippen molar-refractivity contribution in [2.75, 3.05) is 18.9 Å². The summed E-state index contributed by atoms with van der Waals surface area (Å²) in [5.41, 5.74) is 10.0. The summed E-state index contributed by atoms with van der Waals surface area (Å²) in [5, 5.41) is 1.09. The number of nitrogens with zero attached hydrogens (tertiary/aromatic N) is 3. The number of fused-ring (bicyclic) bond motifs is 3. The largest absolute Gasteiger partial charge is 0.382 e. The topological polar surface area (TPSA) is 75.2 Å². The molecule has 2 aromatic heterocycles. The van der Waals surface area contributed by atoms with Gasteiger partial charge in [0.2, 0.25) is 0 Å². The Balaban J connectivity index is 1.68. The zero-order valence-electron chi connectivity index (χ0n) is 14.1. The fourth-order valence-electron chi connectivity index (χ4n) is 3.47. The molecule has 6 nitrogen and oxygen atoms in total. The fourth-order valence-corrected chi connectivity index (χ4v) is 3.47. The predicted octanol–water partition coefficient (Wildman–Crippen LogP) is 3.02. The number of hydrogen-bond donors (Lipinski definition) is 1. The minimum absolute atomic E-state index is 0.449. The van der Waals surface area contributed by atoms with E-state index >= 15 is 0 Å². The molecule has 0 unspecified atom stereocenters. The minimum Gasteiger partial charge on any atom is -0.382 e. The molecule has 0 bridgehead atoms. The summed E-state index contributed by atoms with van der Waals surface area (Å²) in [6.45, 7) is 6.25. The summed E-state index contributed by atoms with van der Waals surface area (Å²) in [5.74, 6) is 0.0373. The van der Waals surface area contributed by atoms with Crippen LogP contribution in [0.25, 0.3) is 21.9 Å². The Morgan fingerprint density at radius 3 is 2.83 bits per heavy atom. The Morgan fingerprint density at radius 2 is 2.04 bits per heavy atom. The van der Waals surface area contributed by atoms with E-state index < -0.39 is 5.79 Å². The van der Waals surface area contributed by atoms with Gasteiger partial charge in [0.15, 0.2) is 11.6 Å². The second-order valence-electron chi connectivity index (χ2n) is 6.54. The number of anilines is 1. The number of nitrogen functional groups attached to an aromatic ring is 1. The van der Waals surface area contributed by atoms with Crippen molar-refractivity contribution in [3.05, 3.63) is 30.1 Å². The lowest BCUT2D eigenvalue weighted by atomic mass is 10.1. The number of aryl methyl sites for hydroxylation is 2. The van der Waals surface area contributed by atoms with Gasteiger partial charge >= 0.3 is 0 Å². The smallest absolute Gasteiger partial charge is 0.165 e. The third-order valence-electron chi connectivity index (χ3n) is 4.73. The molecule has 1 aliphatic rings. The van der Waals surface area contributed by atoms with Crippen LogP contribution in [0.4, 0.5) is 5.82 Å². The van der Waals surface area contributed by atoms with E-state index in [-0.39, 0.29) is 0 Å². The standard InChI is InChI=1S/C18H22N4O2/c1-12-5-3-6-13-14(12)21-17(19)15-16(13)22(11-20-15)8-4-7-18(2)23-9-10-24-18/h3,5-6,11H,4,7-10H2,1-2H3,(H2,19,21). The van der Waals surface area contributed by atoms with Gasteiger partial charge in [0.05, 0.1) is 30.6 Å². The van der Waals surface area contributed by atoms with E-state index in [9.17, 15) is 0 Å². The zero-order valence-corrected chi connectivity index (χ0v) is 14.1. The zero-order chi connectivity index (χ0) is 16.7. The molecule has 0 aliphatic carbocycles. The number of imidazole rings is 1. The van der Waals surface area contributed by atoms with Crippen molar-refractivity contribution in [1.29, 1.82) is 0 Å². The highest BCUT2D eigenvalue weighted by atomic mass is 16.7. The van der Waals surface area contributed by atoms with E-state index in [0.717, 1.165) is 46.9 Å². The second-order valence-corrected chi connectivity index (χ2v) is 6.54. The van der Waals surface area contributed by atoms with Gasteiger partial charge in [-0.25, -0.2) is 9.97 Å². The van der Waals surface area contributed by atoms with Gasteiger partial charge in [0.1, 0.15) is 5.52 Å². The first-order valence-electron chi connectivity index (χ1n) is 8.35. The first kappa shape index (κ1) is 15.4. The highest BCUT2D eigenvalue weighted by Gasteiger charge is 2.30. The first-order chi connectivity index (χ1) is 11.6. The van der Waals surface area contributed by atoms with Gasteiger partial charge in [-0.15, -0.1) is 0 Å². The van der Waals surface area contributed by atoms with Crippen molar-refractivity contribution in [2.45, 2.75) is 39.0 Å². The Labute approximate surface area is 140 Å². The summed E-state index contributed by atoms with van der Waals surface area (Å²) in [7, 11) is 0. The second kappa shape index (κ2) is 5.72. The number of nitrogens with two attached hydrogens (primary N) is 1. The average molecular weight is 326 g/mol. The van der Waals surface area contributed by atoms with Crippen molar-refractivity contribution < 1.29 is 9.47 Å². The number of hydrogen-bond acceptors (Lipinski definition) is 5. The van der Waals surface area contributed by atoms with Crippen LogP contribution in [0.1, 0.15) is 25.3 Å². The van der Waals surface area contributed by atoms with Gasteiger partial charge in [-0.1, -0.05) is 18.2 Å². The molecule has 1 aromatic carbocycles. The number of benzene rings is 1. The van der Waals surface area contributed by atoms with Crippen LogP contribution >= 0.6 is 0 Å². The molecule has 126 valence electrons. The molecule has 24 heavy (non-hydrogen) atoms. The summed E-state index contributed by atoms with van der Waals surface area (Å²) in [6, 6.07) is 6.18. The van der Waals surface area contributed by atoms with Gasteiger partial charge in [0, 0.05) is 18.4 Å². The quantitative estimate of drug-likeness (QED) is 0.797. The molecule has 1 fully saturated rings. The van der Waals surface area contributed by atoms with Gasteiger partial charge in [-0.2, -0.15) is 0 Å². The molecule has 1 saturated heterocycles. The van der Waals surface area contributed by atoms with E-state index in [1.165, 1.54) is 0 Å². The number of rotatable bonds is 4. The molecule has 1 aliphatic heterocycles. The third kappa shape index (κ3) is 2.52. The fraction of sp³-hybridized carbons (Fsp3) is 0.444. The molecule has 6 heteroatoms. The first-order valence-corrected chi connectivity index (χ1v) is 8.35. The van der Waals surface area contributed by atoms with Crippen molar-refractivity contribution in [1.82, 2.24) is 14.5 Å². The van der Waals surface area contributed by atoms with Crippen molar-refractivity contribution in [3.63, 3.8) is 0 Å². The van der Waals surface area contributed by atoms with Crippen LogP contribution in [-0.2, 0) is 16.0 Å². The monoisotopic (exact) mass is 326 g/mol. The van der Waals surface area contributed by atoms with Crippen molar-refractivity contribution in [2.24, 2.45) is 0 Å². The van der Waals surface area contributed by atoms with E-state index in [1.54, 1.807) is 0 Å². The van der Waals surface area contributed by atoms with Crippen LogP contribution in [0.2, 0.25) is 0 Å². The third-order valence-corrected chi connectivity index (χ3v) is 4.73. The summed E-state index contributed by atoms with van der Waals surface area (Å²) in [6.07, 6.45) is 3.64. The van der Waals surface area contributed by atoms with Crippen LogP contribution in [0.3, 0.4) is 0 Å². The number of para-hydroxylation sites is 1. The van der Waals surface area contributed by atoms with Gasteiger partial charge in [0.25, 0.3) is 0 Å². The lowest BCUT2D eigenvalue weighted by Crippen LogP contribution is -2.25. The van der Waals surface area contributed by atoms with Gasteiger partial charge in [-0.05, 0) is 25.8 Å². The van der Waals surface area contributed by atoms with Crippen LogP contribution in [-0.4, -0.2) is 33.5 Å². The average Bonchev–Trinajstić information content (AvgIpc) is 3.17. The SMILES string of the molecule is Cc1cccc2c1nc(N)c1ncn(CCCC3(C)OCCO3)c12. The molecule has 2 N–H and O–H groups in total. The molecule has 0 saturated carbocycles. The molecule has 0 spiro atoms. The number of aromatic nitrogens is 3. The van der Waals surface area contributed by atoms with Crippen LogP contribution in [0.15, 0.2) is 24.5 Å². The highest BCUT2D eigenvalue weighted by Crippen LogP contribution is 2.30. The van der Waals surface area contributed by atoms with Gasteiger partial charge in [-0.3, -0.25) is 0 Å². The maximum Gasteiger partial charge on any atom is 0.165 e. The highest BCUT2D eigenvalue weighted by molar-refractivity contribution is 6.07. The maximum absolute atomic E-state index is 6.13. The summed E-state index contributed by atoms with van der Waals surface area (Å²) in [4.78, 5) is 9.01. The lowest BCUT2D eigenvalue weighted by Gasteiger charge is -2.22. The molecular formula is C18H22N4O2. The van der Waals surface area contributed by atoms with Crippen molar-refractivity contribution >= 4 is 27.8 Å². The molecule has 4 rings (SSSR count). The normalized spacial score (nSPS) is 17.1. The molecule has 0 atom stereocenters. The number of ether oxygens (including phenoxy) is 2. The van der Waals surface area contributed by atoms with E-state index in [2.05, 4.69) is 33.6 Å².